The van der Waals surface area contributed by atoms with Crippen molar-refractivity contribution in [2.24, 2.45) is 5.41 Å². The number of anilines is 1. The Morgan fingerprint density at radius 2 is 1.88 bits per heavy atom. The fourth-order valence-corrected chi connectivity index (χ4v) is 4.64. The van der Waals surface area contributed by atoms with Crippen LogP contribution in [0.25, 0.3) is 0 Å². The average molecular weight is 341 g/mol. The molecule has 6 nitrogen and oxygen atoms in total. The number of benzene rings is 1. The van der Waals surface area contributed by atoms with Crippen molar-refractivity contribution < 1.29 is 14.4 Å². The van der Waals surface area contributed by atoms with E-state index in [4.69, 9.17) is 0 Å². The van der Waals surface area contributed by atoms with Gasteiger partial charge >= 0.3 is 6.03 Å². The molecule has 0 bridgehead atoms. The number of amides is 4. The first kappa shape index (κ1) is 16.1. The lowest BCUT2D eigenvalue weighted by molar-refractivity contribution is -0.156. The number of imide groups is 2. The molecule has 6 heteroatoms. The van der Waals surface area contributed by atoms with Crippen molar-refractivity contribution >= 4 is 23.5 Å². The average Bonchev–Trinajstić information content (AvgIpc) is 3.01. The van der Waals surface area contributed by atoms with Crippen LogP contribution < -0.4 is 10.2 Å². The minimum atomic E-state index is -1.23. The van der Waals surface area contributed by atoms with Crippen LogP contribution in [-0.4, -0.2) is 40.9 Å². The Labute approximate surface area is 147 Å². The van der Waals surface area contributed by atoms with Gasteiger partial charge in [0, 0.05) is 17.8 Å². The molecule has 132 valence electrons. The molecular weight excluding hydrogens is 318 g/mol. The molecule has 0 aromatic heterocycles. The molecular formula is C19H23N3O3. The number of carbonyl (C=O) groups is 3. The van der Waals surface area contributed by atoms with E-state index in [-0.39, 0.29) is 11.9 Å². The highest BCUT2D eigenvalue weighted by atomic mass is 16.2. The van der Waals surface area contributed by atoms with Gasteiger partial charge in [-0.1, -0.05) is 18.2 Å². The summed E-state index contributed by atoms with van der Waals surface area (Å²) < 4.78 is 0. The minimum Gasteiger partial charge on any atom is -0.367 e. The van der Waals surface area contributed by atoms with E-state index in [1.165, 1.54) is 4.90 Å². The zero-order chi connectivity index (χ0) is 18.0. The molecule has 1 aromatic rings. The van der Waals surface area contributed by atoms with Crippen molar-refractivity contribution in [3.05, 3.63) is 29.8 Å². The molecule has 4 rings (SSSR count). The van der Waals surface area contributed by atoms with Gasteiger partial charge in [-0.2, -0.15) is 0 Å². The van der Waals surface area contributed by atoms with Crippen LogP contribution in [0.4, 0.5) is 10.5 Å². The number of hydrogen-bond donors (Lipinski definition) is 1. The van der Waals surface area contributed by atoms with E-state index in [1.54, 1.807) is 0 Å². The van der Waals surface area contributed by atoms with Crippen LogP contribution in [0.3, 0.4) is 0 Å². The van der Waals surface area contributed by atoms with Crippen molar-refractivity contribution in [3.63, 3.8) is 0 Å². The predicted molar refractivity (Wildman–Crippen MR) is 93.1 cm³/mol. The second-order valence-corrected chi connectivity index (χ2v) is 8.20. The first-order valence-corrected chi connectivity index (χ1v) is 8.81. The Bertz CT molecular complexity index is 782. The third-order valence-corrected chi connectivity index (χ3v) is 5.68. The van der Waals surface area contributed by atoms with E-state index >= 15 is 0 Å². The molecule has 3 aliphatic heterocycles. The summed E-state index contributed by atoms with van der Waals surface area (Å²) in [5.74, 6) is -0.811. The van der Waals surface area contributed by atoms with Gasteiger partial charge < -0.3 is 4.90 Å². The Kier molecular flexibility index (Phi) is 3.27. The molecule has 2 saturated heterocycles. The SMILES string of the molecule is CC(C)(C)N1C(=O)NC(=O)[C@]2(Cc3ccccc3N3CCC[C@H]32)C1=O. The first-order valence-electron chi connectivity index (χ1n) is 8.81. The van der Waals surface area contributed by atoms with E-state index in [0.29, 0.717) is 6.42 Å². The molecule has 0 radical (unpaired) electrons. The lowest BCUT2D eigenvalue weighted by atomic mass is 9.68. The smallest absolute Gasteiger partial charge is 0.331 e. The van der Waals surface area contributed by atoms with Crippen LogP contribution >= 0.6 is 0 Å². The highest BCUT2D eigenvalue weighted by molar-refractivity contribution is 6.20. The number of urea groups is 1. The van der Waals surface area contributed by atoms with Crippen LogP contribution in [0, 0.1) is 5.41 Å². The van der Waals surface area contributed by atoms with Crippen molar-refractivity contribution in [1.82, 2.24) is 10.2 Å². The van der Waals surface area contributed by atoms with Crippen LogP contribution in [0.2, 0.25) is 0 Å². The number of rotatable bonds is 0. The van der Waals surface area contributed by atoms with Gasteiger partial charge in [0.15, 0.2) is 5.41 Å². The van der Waals surface area contributed by atoms with Crippen LogP contribution in [0.5, 0.6) is 0 Å². The predicted octanol–water partition coefficient (Wildman–Crippen LogP) is 2.07. The van der Waals surface area contributed by atoms with Gasteiger partial charge in [-0.05, 0) is 51.7 Å². The lowest BCUT2D eigenvalue weighted by Crippen LogP contribution is -2.73. The highest BCUT2D eigenvalue weighted by Gasteiger charge is 2.63. The molecule has 3 heterocycles. The molecule has 2 atom stereocenters. The number of barbiturate groups is 1. The molecule has 25 heavy (non-hydrogen) atoms. The van der Waals surface area contributed by atoms with Gasteiger partial charge in [0.2, 0.25) is 11.8 Å². The largest absolute Gasteiger partial charge is 0.367 e. The Morgan fingerprint density at radius 1 is 1.16 bits per heavy atom. The summed E-state index contributed by atoms with van der Waals surface area (Å²) in [4.78, 5) is 42.4. The maximum atomic E-state index is 13.5. The zero-order valence-electron chi connectivity index (χ0n) is 14.8. The van der Waals surface area contributed by atoms with E-state index in [9.17, 15) is 14.4 Å². The van der Waals surface area contributed by atoms with E-state index in [0.717, 1.165) is 30.6 Å². The van der Waals surface area contributed by atoms with Crippen molar-refractivity contribution in [1.29, 1.82) is 0 Å². The highest BCUT2D eigenvalue weighted by Crippen LogP contribution is 2.48. The normalized spacial score (nSPS) is 28.9. The van der Waals surface area contributed by atoms with E-state index in [1.807, 2.05) is 39.0 Å². The van der Waals surface area contributed by atoms with Crippen LogP contribution in [-0.2, 0) is 16.0 Å². The second kappa shape index (κ2) is 5.07. The Balaban J connectivity index is 1.89. The fraction of sp³-hybridized carbons (Fsp3) is 0.526. The summed E-state index contributed by atoms with van der Waals surface area (Å²) in [6.07, 6.45) is 2.05. The number of hydrogen-bond acceptors (Lipinski definition) is 4. The van der Waals surface area contributed by atoms with Crippen molar-refractivity contribution in [2.45, 2.75) is 51.6 Å². The molecule has 0 unspecified atom stereocenters. The number of nitrogens with one attached hydrogen (secondary N) is 1. The number of nitrogens with zero attached hydrogens (tertiary/aromatic N) is 2. The van der Waals surface area contributed by atoms with Crippen LogP contribution in [0.1, 0.15) is 39.2 Å². The third-order valence-electron chi connectivity index (χ3n) is 5.68. The molecule has 3 aliphatic rings. The van der Waals surface area contributed by atoms with Gasteiger partial charge in [-0.25, -0.2) is 4.79 Å². The van der Waals surface area contributed by atoms with Gasteiger partial charge in [0.05, 0.1) is 6.04 Å². The molecule has 4 amide bonds. The fourth-order valence-electron chi connectivity index (χ4n) is 4.64. The van der Waals surface area contributed by atoms with Gasteiger partial charge in [0.1, 0.15) is 0 Å². The van der Waals surface area contributed by atoms with Crippen molar-refractivity contribution in [3.8, 4) is 0 Å². The van der Waals surface area contributed by atoms with Crippen molar-refractivity contribution in [2.75, 3.05) is 11.4 Å². The topological polar surface area (TPSA) is 69.7 Å². The lowest BCUT2D eigenvalue weighted by Gasteiger charge is -2.51. The zero-order valence-corrected chi connectivity index (χ0v) is 14.8. The van der Waals surface area contributed by atoms with E-state index in [2.05, 4.69) is 16.3 Å². The summed E-state index contributed by atoms with van der Waals surface area (Å²) >= 11 is 0. The summed E-state index contributed by atoms with van der Waals surface area (Å²) in [5, 5.41) is 2.47. The molecule has 1 N–H and O–H groups in total. The van der Waals surface area contributed by atoms with E-state index < -0.39 is 22.9 Å². The summed E-state index contributed by atoms with van der Waals surface area (Å²) in [6, 6.07) is 7.13. The van der Waals surface area contributed by atoms with Gasteiger partial charge in [-0.3, -0.25) is 19.8 Å². The Hall–Kier alpha value is -2.37. The maximum absolute atomic E-state index is 13.5. The minimum absolute atomic E-state index is 0.201. The second-order valence-electron chi connectivity index (χ2n) is 8.20. The number of fused-ring (bicyclic) bond motifs is 4. The van der Waals surface area contributed by atoms with Crippen LogP contribution in [0.15, 0.2) is 24.3 Å². The molecule has 1 spiro atoms. The summed E-state index contributed by atoms with van der Waals surface area (Å²) in [7, 11) is 0. The maximum Gasteiger partial charge on any atom is 0.331 e. The third kappa shape index (κ3) is 2.06. The standard InChI is InChI=1S/C19H23N3O3/c1-18(2,3)22-16(24)19(15(23)20-17(22)25)11-12-7-4-5-8-13(12)21-10-6-9-14(19)21/h4-5,7-8,14H,6,9-11H2,1-3H3,(H,20,23,25)/t14-,19+/m0/s1. The molecule has 0 saturated carbocycles. The van der Waals surface area contributed by atoms with Gasteiger partial charge in [0.25, 0.3) is 0 Å². The molecule has 0 aliphatic carbocycles. The first-order chi connectivity index (χ1) is 11.8. The molecule has 2 fully saturated rings. The summed E-state index contributed by atoms with van der Waals surface area (Å²) in [6.45, 7) is 6.28. The van der Waals surface area contributed by atoms with Gasteiger partial charge in [-0.15, -0.1) is 0 Å². The number of carbonyl (C=O) groups excluding carboxylic acids is 3. The molecule has 1 aromatic carbocycles. The quantitative estimate of drug-likeness (QED) is 0.734. The number of para-hydroxylation sites is 1. The Morgan fingerprint density at radius 3 is 2.60 bits per heavy atom. The summed E-state index contributed by atoms with van der Waals surface area (Å²) in [5.41, 5.74) is 0.184. The monoisotopic (exact) mass is 341 g/mol.